The highest BCUT2D eigenvalue weighted by Gasteiger charge is 2.18. The van der Waals surface area contributed by atoms with Crippen molar-refractivity contribution in [1.82, 2.24) is 10.3 Å². The molecule has 1 aromatic rings. The van der Waals surface area contributed by atoms with Crippen LogP contribution in [-0.2, 0) is 4.74 Å². The van der Waals surface area contributed by atoms with Gasteiger partial charge in [0.1, 0.15) is 0 Å². The molecule has 0 spiro atoms. The van der Waals surface area contributed by atoms with Crippen LogP contribution < -0.4 is 5.32 Å². The number of carboxylic acids is 1. The number of nitrogens with zero attached hydrogens (tertiary/aromatic N) is 1. The van der Waals surface area contributed by atoms with E-state index in [0.717, 1.165) is 25.9 Å². The summed E-state index contributed by atoms with van der Waals surface area (Å²) >= 11 is 0. The summed E-state index contributed by atoms with van der Waals surface area (Å²) in [5, 5.41) is 11.7. The molecule has 0 radical (unpaired) electrons. The maximum absolute atomic E-state index is 11.9. The number of carbonyl (C=O) groups is 2. The summed E-state index contributed by atoms with van der Waals surface area (Å²) in [6, 6.07) is 1.41. The molecular weight excluding hydrogens is 248 g/mol. The van der Waals surface area contributed by atoms with E-state index in [2.05, 4.69) is 10.3 Å². The van der Waals surface area contributed by atoms with E-state index in [1.54, 1.807) is 0 Å². The predicted molar refractivity (Wildman–Crippen MR) is 67.1 cm³/mol. The van der Waals surface area contributed by atoms with Gasteiger partial charge in [-0.05, 0) is 25.3 Å². The highest BCUT2D eigenvalue weighted by Crippen LogP contribution is 2.14. The predicted octanol–water partition coefficient (Wildman–Crippen LogP) is 1.08. The Morgan fingerprint density at radius 1 is 1.47 bits per heavy atom. The molecule has 1 aliphatic rings. The van der Waals surface area contributed by atoms with Crippen molar-refractivity contribution in [2.75, 3.05) is 13.2 Å². The van der Waals surface area contributed by atoms with E-state index in [0.29, 0.717) is 6.54 Å². The number of aromatic carboxylic acids is 1. The van der Waals surface area contributed by atoms with Gasteiger partial charge in [0.2, 0.25) is 0 Å². The second-order valence-corrected chi connectivity index (χ2v) is 4.41. The molecule has 102 valence electrons. The molecule has 1 amide bonds. The summed E-state index contributed by atoms with van der Waals surface area (Å²) in [5.41, 5.74) is 0.0481. The monoisotopic (exact) mass is 264 g/mol. The molecule has 19 heavy (non-hydrogen) atoms. The maximum Gasteiger partial charge on any atom is 0.338 e. The van der Waals surface area contributed by atoms with Crippen LogP contribution in [0.1, 0.15) is 40.0 Å². The SMILES string of the molecule is O=C(O)c1cnccc1C(=O)NCCC1CCCO1. The highest BCUT2D eigenvalue weighted by molar-refractivity contribution is 6.04. The average molecular weight is 264 g/mol. The van der Waals surface area contributed by atoms with E-state index in [1.165, 1.54) is 18.5 Å². The molecule has 1 saturated heterocycles. The number of nitrogens with one attached hydrogen (secondary N) is 1. The molecule has 1 aromatic heterocycles. The maximum atomic E-state index is 11.9. The van der Waals surface area contributed by atoms with Gasteiger partial charge in [-0.1, -0.05) is 0 Å². The van der Waals surface area contributed by atoms with Crippen molar-refractivity contribution >= 4 is 11.9 Å². The zero-order valence-electron chi connectivity index (χ0n) is 10.5. The fourth-order valence-corrected chi connectivity index (χ4v) is 2.08. The first-order valence-corrected chi connectivity index (χ1v) is 6.25. The Balaban J connectivity index is 1.90. The Hall–Kier alpha value is -1.95. The van der Waals surface area contributed by atoms with Crippen molar-refractivity contribution in [2.24, 2.45) is 0 Å². The third-order valence-electron chi connectivity index (χ3n) is 3.07. The minimum atomic E-state index is -1.16. The van der Waals surface area contributed by atoms with Crippen molar-refractivity contribution < 1.29 is 19.4 Å². The van der Waals surface area contributed by atoms with Crippen LogP contribution in [0.3, 0.4) is 0 Å². The number of ether oxygens (including phenoxy) is 1. The standard InChI is InChI=1S/C13H16N2O4/c16-12(15-6-3-9-2-1-7-19-9)10-4-5-14-8-11(10)13(17)18/h4-5,8-9H,1-3,6-7H2,(H,15,16)(H,17,18). The molecule has 0 aliphatic carbocycles. The highest BCUT2D eigenvalue weighted by atomic mass is 16.5. The molecule has 6 heteroatoms. The van der Waals surface area contributed by atoms with Crippen LogP contribution in [0.2, 0.25) is 0 Å². The normalized spacial score (nSPS) is 18.2. The molecule has 1 atom stereocenters. The Kier molecular flexibility index (Phi) is 4.46. The molecular formula is C13H16N2O4. The molecule has 0 bridgehead atoms. The van der Waals surface area contributed by atoms with Gasteiger partial charge in [-0.15, -0.1) is 0 Å². The van der Waals surface area contributed by atoms with Crippen LogP contribution in [0, 0.1) is 0 Å². The number of pyridine rings is 1. The summed E-state index contributed by atoms with van der Waals surface area (Å²) in [7, 11) is 0. The molecule has 1 aliphatic heterocycles. The first kappa shape index (κ1) is 13.5. The molecule has 0 aromatic carbocycles. The van der Waals surface area contributed by atoms with Crippen LogP contribution in [0.4, 0.5) is 0 Å². The van der Waals surface area contributed by atoms with Crippen LogP contribution in [0.15, 0.2) is 18.5 Å². The lowest BCUT2D eigenvalue weighted by atomic mass is 10.1. The fourth-order valence-electron chi connectivity index (χ4n) is 2.08. The molecule has 1 fully saturated rings. The lowest BCUT2D eigenvalue weighted by Gasteiger charge is -2.10. The Morgan fingerprint density at radius 3 is 3.00 bits per heavy atom. The fraction of sp³-hybridized carbons (Fsp3) is 0.462. The molecule has 2 rings (SSSR count). The van der Waals surface area contributed by atoms with Crippen LogP contribution in [0.25, 0.3) is 0 Å². The van der Waals surface area contributed by atoms with E-state index >= 15 is 0 Å². The van der Waals surface area contributed by atoms with Gasteiger partial charge in [0.15, 0.2) is 0 Å². The van der Waals surface area contributed by atoms with E-state index in [1.807, 2.05) is 0 Å². The number of amides is 1. The smallest absolute Gasteiger partial charge is 0.338 e. The van der Waals surface area contributed by atoms with Gasteiger partial charge < -0.3 is 15.2 Å². The van der Waals surface area contributed by atoms with Crippen molar-refractivity contribution in [3.63, 3.8) is 0 Å². The molecule has 0 saturated carbocycles. The first-order chi connectivity index (χ1) is 9.18. The average Bonchev–Trinajstić information content (AvgIpc) is 2.91. The number of hydrogen-bond donors (Lipinski definition) is 2. The lowest BCUT2D eigenvalue weighted by Crippen LogP contribution is -2.28. The van der Waals surface area contributed by atoms with Crippen molar-refractivity contribution in [3.05, 3.63) is 29.6 Å². The van der Waals surface area contributed by atoms with Gasteiger partial charge in [0, 0.05) is 25.5 Å². The quantitative estimate of drug-likeness (QED) is 0.830. The van der Waals surface area contributed by atoms with Crippen LogP contribution >= 0.6 is 0 Å². The lowest BCUT2D eigenvalue weighted by molar-refractivity contribution is 0.0689. The second-order valence-electron chi connectivity index (χ2n) is 4.41. The Morgan fingerprint density at radius 2 is 2.32 bits per heavy atom. The molecule has 2 N–H and O–H groups in total. The van der Waals surface area contributed by atoms with Gasteiger partial charge >= 0.3 is 5.97 Å². The Bertz CT molecular complexity index is 469. The van der Waals surface area contributed by atoms with E-state index in [9.17, 15) is 9.59 Å². The Labute approximate surface area is 110 Å². The summed E-state index contributed by atoms with van der Waals surface area (Å²) in [6.45, 7) is 1.26. The summed E-state index contributed by atoms with van der Waals surface area (Å²) in [5.74, 6) is -1.55. The van der Waals surface area contributed by atoms with Gasteiger partial charge in [-0.25, -0.2) is 4.79 Å². The number of carbonyl (C=O) groups excluding carboxylic acids is 1. The van der Waals surface area contributed by atoms with Crippen molar-refractivity contribution in [3.8, 4) is 0 Å². The molecule has 1 unspecified atom stereocenters. The third kappa shape index (κ3) is 3.51. The number of carboxylic acid groups (broad SMARTS) is 1. The summed E-state index contributed by atoms with van der Waals surface area (Å²) in [4.78, 5) is 26.6. The van der Waals surface area contributed by atoms with Crippen molar-refractivity contribution in [1.29, 1.82) is 0 Å². The summed E-state index contributed by atoms with van der Waals surface area (Å²) in [6.07, 6.45) is 5.62. The number of hydrogen-bond acceptors (Lipinski definition) is 4. The third-order valence-corrected chi connectivity index (χ3v) is 3.07. The zero-order chi connectivity index (χ0) is 13.7. The minimum Gasteiger partial charge on any atom is -0.478 e. The topological polar surface area (TPSA) is 88.5 Å². The number of aromatic nitrogens is 1. The minimum absolute atomic E-state index is 0.0860. The largest absolute Gasteiger partial charge is 0.478 e. The van der Waals surface area contributed by atoms with E-state index < -0.39 is 11.9 Å². The van der Waals surface area contributed by atoms with E-state index in [4.69, 9.17) is 9.84 Å². The first-order valence-electron chi connectivity index (χ1n) is 6.25. The number of rotatable bonds is 5. The summed E-state index contributed by atoms with van der Waals surface area (Å²) < 4.78 is 5.45. The van der Waals surface area contributed by atoms with Gasteiger partial charge in [0.25, 0.3) is 5.91 Å². The second kappa shape index (κ2) is 6.29. The van der Waals surface area contributed by atoms with Gasteiger partial charge in [0.05, 0.1) is 17.2 Å². The van der Waals surface area contributed by atoms with Crippen molar-refractivity contribution in [2.45, 2.75) is 25.4 Å². The van der Waals surface area contributed by atoms with Gasteiger partial charge in [-0.2, -0.15) is 0 Å². The van der Waals surface area contributed by atoms with Gasteiger partial charge in [-0.3, -0.25) is 9.78 Å². The molecule has 2 heterocycles. The van der Waals surface area contributed by atoms with E-state index in [-0.39, 0.29) is 17.2 Å². The van der Waals surface area contributed by atoms with Crippen LogP contribution in [0.5, 0.6) is 0 Å². The van der Waals surface area contributed by atoms with Crippen LogP contribution in [-0.4, -0.2) is 41.2 Å². The molecule has 6 nitrogen and oxygen atoms in total. The zero-order valence-corrected chi connectivity index (χ0v) is 10.5.